The molecule has 270 valence electrons. The van der Waals surface area contributed by atoms with Crippen molar-refractivity contribution >= 4 is 28.9 Å². The Morgan fingerprint density at radius 1 is 0.820 bits per heavy atom. The number of benzene rings is 4. The van der Waals surface area contributed by atoms with Crippen LogP contribution in [0.4, 0.5) is 5.69 Å². The summed E-state index contributed by atoms with van der Waals surface area (Å²) < 4.78 is 0. The fraction of sp³-hybridized carbons (Fsp3) is 0.378. The standard InChI is InChI=1S/C26H33Cl2N.C17H21N.C2H7N/c1-6-17-26(7-2,8-3)19-29(24-15-9-20(4)10-16-24)21(5)11-12-22-13-14-23(27)18-25(22)28;1-18(15-17-11-6-3-7-12-17)14-8-13-16-9-4-2-5-10-16;1-2-3/h6,9-10,13-16,18H,1,5,7-8,11-12,17,19H2,2-4H3;2-7,9-12H,8,13-15H2,1H3;2-3H2,1H3. The summed E-state index contributed by atoms with van der Waals surface area (Å²) in [7, 11) is 2.19. The monoisotopic (exact) mass is 713 g/mol. The minimum Gasteiger partial charge on any atom is -0.345 e. The summed E-state index contributed by atoms with van der Waals surface area (Å²) in [6.07, 6.45) is 9.32. The van der Waals surface area contributed by atoms with Crippen LogP contribution in [0.5, 0.6) is 0 Å². The second-order valence-electron chi connectivity index (χ2n) is 13.1. The average molecular weight is 715 g/mol. The van der Waals surface area contributed by atoms with Crippen molar-refractivity contribution in [2.75, 3.05) is 31.6 Å². The van der Waals surface area contributed by atoms with E-state index in [1.54, 1.807) is 0 Å². The molecule has 4 rings (SSSR count). The van der Waals surface area contributed by atoms with Crippen LogP contribution in [0, 0.1) is 12.3 Å². The fourth-order valence-corrected chi connectivity index (χ4v) is 6.39. The molecular weight excluding hydrogens is 653 g/mol. The molecule has 0 spiro atoms. The topological polar surface area (TPSA) is 32.5 Å². The summed E-state index contributed by atoms with van der Waals surface area (Å²) in [6.45, 7) is 20.9. The maximum atomic E-state index is 6.38. The number of anilines is 1. The van der Waals surface area contributed by atoms with E-state index in [1.165, 1.54) is 35.2 Å². The van der Waals surface area contributed by atoms with Crippen molar-refractivity contribution in [3.63, 3.8) is 0 Å². The summed E-state index contributed by atoms with van der Waals surface area (Å²) in [5.74, 6) is 0. The van der Waals surface area contributed by atoms with E-state index in [1.807, 2.05) is 25.1 Å². The van der Waals surface area contributed by atoms with E-state index in [4.69, 9.17) is 28.9 Å². The molecule has 5 heteroatoms. The highest BCUT2D eigenvalue weighted by Crippen LogP contribution is 2.36. The zero-order valence-electron chi connectivity index (χ0n) is 31.3. The SMILES string of the molecule is C=CCC(CC)(CC)CN(C(=C)CCc1ccc(Cl)cc1Cl)c1ccc(C)cc1.CCN.CN(CCCc1ccccc1)Cc1ccccc1. The molecule has 0 aliphatic rings. The Bertz CT molecular complexity index is 1500. The molecule has 4 aromatic carbocycles. The predicted octanol–water partition coefficient (Wildman–Crippen LogP) is 12.4. The minimum atomic E-state index is 0.188. The van der Waals surface area contributed by atoms with Gasteiger partial charge in [0.25, 0.3) is 0 Å². The van der Waals surface area contributed by atoms with E-state index in [9.17, 15) is 0 Å². The Labute approximate surface area is 314 Å². The molecule has 0 radical (unpaired) electrons. The number of nitrogens with zero attached hydrogens (tertiary/aromatic N) is 2. The molecule has 0 fully saturated rings. The van der Waals surface area contributed by atoms with Crippen molar-refractivity contribution < 1.29 is 0 Å². The molecule has 4 aromatic rings. The van der Waals surface area contributed by atoms with Gasteiger partial charge in [0.05, 0.1) is 0 Å². The maximum Gasteiger partial charge on any atom is 0.0452 e. The first-order chi connectivity index (χ1) is 24.1. The lowest BCUT2D eigenvalue weighted by Crippen LogP contribution is -2.36. The van der Waals surface area contributed by atoms with Crippen LogP contribution < -0.4 is 10.6 Å². The van der Waals surface area contributed by atoms with Gasteiger partial charge in [-0.25, -0.2) is 0 Å². The van der Waals surface area contributed by atoms with Gasteiger partial charge in [-0.3, -0.25) is 0 Å². The van der Waals surface area contributed by atoms with Crippen LogP contribution in [0.3, 0.4) is 0 Å². The molecule has 0 aliphatic carbocycles. The highest BCUT2D eigenvalue weighted by atomic mass is 35.5. The van der Waals surface area contributed by atoms with Crippen molar-refractivity contribution in [2.24, 2.45) is 11.1 Å². The van der Waals surface area contributed by atoms with Crippen LogP contribution in [0.2, 0.25) is 10.0 Å². The van der Waals surface area contributed by atoms with Crippen LogP contribution in [0.25, 0.3) is 0 Å². The van der Waals surface area contributed by atoms with E-state index >= 15 is 0 Å². The lowest BCUT2D eigenvalue weighted by Gasteiger charge is -2.39. The van der Waals surface area contributed by atoms with Crippen LogP contribution >= 0.6 is 23.2 Å². The predicted molar refractivity (Wildman–Crippen MR) is 223 cm³/mol. The fourth-order valence-electron chi connectivity index (χ4n) is 5.89. The second-order valence-corrected chi connectivity index (χ2v) is 14.0. The van der Waals surface area contributed by atoms with Crippen molar-refractivity contribution in [2.45, 2.75) is 79.2 Å². The Balaban J connectivity index is 0.000000351. The van der Waals surface area contributed by atoms with Gasteiger partial charge in [-0.15, -0.1) is 6.58 Å². The first-order valence-corrected chi connectivity index (χ1v) is 18.9. The number of halogens is 2. The molecule has 2 N–H and O–H groups in total. The van der Waals surface area contributed by atoms with Gasteiger partial charge in [-0.05, 0) is 118 Å². The molecule has 0 saturated heterocycles. The lowest BCUT2D eigenvalue weighted by atomic mass is 9.78. The van der Waals surface area contributed by atoms with Crippen LogP contribution in [0.1, 0.15) is 75.1 Å². The average Bonchev–Trinajstić information content (AvgIpc) is 3.12. The van der Waals surface area contributed by atoms with Gasteiger partial charge in [0, 0.05) is 34.5 Å². The van der Waals surface area contributed by atoms with E-state index in [-0.39, 0.29) is 5.41 Å². The van der Waals surface area contributed by atoms with Crippen molar-refractivity contribution in [1.82, 2.24) is 4.90 Å². The van der Waals surface area contributed by atoms with Crippen LogP contribution in [0.15, 0.2) is 128 Å². The number of rotatable bonds is 17. The number of hydrogen-bond donors (Lipinski definition) is 1. The van der Waals surface area contributed by atoms with E-state index in [0.717, 1.165) is 74.6 Å². The van der Waals surface area contributed by atoms with Gasteiger partial charge in [0.2, 0.25) is 0 Å². The van der Waals surface area contributed by atoms with E-state index in [2.05, 4.69) is 142 Å². The molecular formula is C45H61Cl2N3. The first kappa shape index (κ1) is 42.8. The van der Waals surface area contributed by atoms with Gasteiger partial charge in [0.15, 0.2) is 0 Å². The third kappa shape index (κ3) is 15.7. The highest BCUT2D eigenvalue weighted by Gasteiger charge is 2.29. The number of hydrogen-bond acceptors (Lipinski definition) is 3. The molecule has 3 nitrogen and oxygen atoms in total. The molecule has 50 heavy (non-hydrogen) atoms. The van der Waals surface area contributed by atoms with Crippen molar-refractivity contribution in [3.05, 3.63) is 160 Å². The summed E-state index contributed by atoms with van der Waals surface area (Å²) >= 11 is 12.4. The zero-order chi connectivity index (χ0) is 36.8. The van der Waals surface area contributed by atoms with Crippen molar-refractivity contribution in [1.29, 1.82) is 0 Å². The molecule has 0 saturated carbocycles. The number of allylic oxidation sites excluding steroid dienone is 2. The largest absolute Gasteiger partial charge is 0.345 e. The lowest BCUT2D eigenvalue weighted by molar-refractivity contribution is 0.273. The molecule has 0 heterocycles. The summed E-state index contributed by atoms with van der Waals surface area (Å²) in [4.78, 5) is 4.78. The first-order valence-electron chi connectivity index (χ1n) is 18.1. The molecule has 0 amide bonds. The van der Waals surface area contributed by atoms with Gasteiger partial charge < -0.3 is 15.5 Å². The molecule has 0 aromatic heterocycles. The maximum absolute atomic E-state index is 6.38. The Morgan fingerprint density at radius 3 is 1.94 bits per heavy atom. The second kappa shape index (κ2) is 24.0. The van der Waals surface area contributed by atoms with Gasteiger partial charge in [-0.1, -0.05) is 141 Å². The molecule has 0 unspecified atom stereocenters. The zero-order valence-corrected chi connectivity index (χ0v) is 32.8. The van der Waals surface area contributed by atoms with Crippen molar-refractivity contribution in [3.8, 4) is 0 Å². The number of nitrogens with two attached hydrogens (primary N) is 1. The van der Waals surface area contributed by atoms with Gasteiger partial charge in [-0.2, -0.15) is 0 Å². The third-order valence-corrected chi connectivity index (χ3v) is 9.73. The highest BCUT2D eigenvalue weighted by molar-refractivity contribution is 6.35. The number of aryl methyl sites for hydroxylation is 3. The normalized spacial score (nSPS) is 10.8. The summed E-state index contributed by atoms with van der Waals surface area (Å²) in [6, 6.07) is 35.8. The Morgan fingerprint density at radius 2 is 1.40 bits per heavy atom. The van der Waals surface area contributed by atoms with Gasteiger partial charge >= 0.3 is 0 Å². The minimum absolute atomic E-state index is 0.188. The molecule has 0 atom stereocenters. The summed E-state index contributed by atoms with van der Waals surface area (Å²) in [5.41, 5.74) is 12.5. The smallest absolute Gasteiger partial charge is 0.0452 e. The van der Waals surface area contributed by atoms with Crippen LogP contribution in [-0.2, 0) is 19.4 Å². The van der Waals surface area contributed by atoms with E-state index in [0.29, 0.717) is 5.02 Å². The van der Waals surface area contributed by atoms with Gasteiger partial charge in [0.1, 0.15) is 0 Å². The Hall–Kier alpha value is -3.34. The molecule has 0 bridgehead atoms. The third-order valence-electron chi connectivity index (χ3n) is 9.14. The molecule has 0 aliphatic heterocycles. The Kier molecular flexibility index (Phi) is 20.5. The summed E-state index contributed by atoms with van der Waals surface area (Å²) in [5, 5.41) is 1.38. The van der Waals surface area contributed by atoms with E-state index < -0.39 is 0 Å². The van der Waals surface area contributed by atoms with Crippen LogP contribution in [-0.4, -0.2) is 31.6 Å². The quantitative estimate of drug-likeness (QED) is 0.111.